The zero-order chi connectivity index (χ0) is 22.9. The molecule has 0 saturated heterocycles. The Morgan fingerprint density at radius 2 is 1.94 bits per heavy atom. The Morgan fingerprint density at radius 1 is 1.19 bits per heavy atom. The summed E-state index contributed by atoms with van der Waals surface area (Å²) < 4.78 is 15.0. The van der Waals surface area contributed by atoms with Crippen LogP contribution in [0.15, 0.2) is 59.7 Å². The fourth-order valence-corrected chi connectivity index (χ4v) is 4.82. The number of halogens is 1. The van der Waals surface area contributed by atoms with Gasteiger partial charge < -0.3 is 4.90 Å². The highest BCUT2D eigenvalue weighted by molar-refractivity contribution is 5.99. The first-order valence-corrected chi connectivity index (χ1v) is 11.2. The summed E-state index contributed by atoms with van der Waals surface area (Å²) in [6.45, 7) is 9.66. The lowest BCUT2D eigenvalue weighted by Crippen LogP contribution is -2.48. The molecule has 0 fully saturated rings. The minimum atomic E-state index is -0.335. The SMILES string of the molecule is CCCN1c2cc(F)c(/C=N\NC(=O)c3ccc4ccccc4c3)cc2C(C)CC1(C)C. The van der Waals surface area contributed by atoms with Crippen molar-refractivity contribution < 1.29 is 9.18 Å². The average Bonchev–Trinajstić information content (AvgIpc) is 2.76. The second-order valence-corrected chi connectivity index (χ2v) is 9.26. The third-order valence-corrected chi connectivity index (χ3v) is 6.33. The largest absolute Gasteiger partial charge is 0.366 e. The minimum absolute atomic E-state index is 0.0156. The molecule has 1 unspecified atom stereocenters. The van der Waals surface area contributed by atoms with Gasteiger partial charge >= 0.3 is 0 Å². The van der Waals surface area contributed by atoms with Crippen molar-refractivity contribution in [3.8, 4) is 0 Å². The number of benzene rings is 3. The lowest BCUT2D eigenvalue weighted by atomic mass is 9.79. The van der Waals surface area contributed by atoms with Crippen LogP contribution in [0.1, 0.15) is 67.9 Å². The molecule has 1 aliphatic heterocycles. The van der Waals surface area contributed by atoms with Crippen LogP contribution in [0, 0.1) is 5.82 Å². The third kappa shape index (κ3) is 4.24. The first kappa shape index (κ1) is 22.0. The van der Waals surface area contributed by atoms with Crippen LogP contribution in [-0.2, 0) is 0 Å². The number of hydrazone groups is 1. The molecule has 1 aliphatic rings. The van der Waals surface area contributed by atoms with Crippen LogP contribution in [0.2, 0.25) is 0 Å². The van der Waals surface area contributed by atoms with Gasteiger partial charge in [-0.1, -0.05) is 44.2 Å². The third-order valence-electron chi connectivity index (χ3n) is 6.33. The molecule has 166 valence electrons. The van der Waals surface area contributed by atoms with E-state index in [-0.39, 0.29) is 17.3 Å². The topological polar surface area (TPSA) is 44.7 Å². The highest BCUT2D eigenvalue weighted by Gasteiger charge is 2.36. The molecule has 0 saturated carbocycles. The molecular weight excluding hydrogens is 401 g/mol. The first-order valence-electron chi connectivity index (χ1n) is 11.2. The van der Waals surface area contributed by atoms with Crippen molar-refractivity contribution in [2.75, 3.05) is 11.4 Å². The van der Waals surface area contributed by atoms with Crippen molar-refractivity contribution in [3.05, 3.63) is 77.1 Å². The number of carbonyl (C=O) groups is 1. The zero-order valence-electron chi connectivity index (χ0n) is 19.2. The number of fused-ring (bicyclic) bond motifs is 2. The van der Waals surface area contributed by atoms with Gasteiger partial charge in [0.05, 0.1) is 6.21 Å². The van der Waals surface area contributed by atoms with Gasteiger partial charge in [0.15, 0.2) is 0 Å². The van der Waals surface area contributed by atoms with E-state index in [2.05, 4.69) is 43.1 Å². The van der Waals surface area contributed by atoms with Crippen molar-refractivity contribution >= 4 is 28.6 Å². The number of nitrogens with zero attached hydrogens (tertiary/aromatic N) is 2. The summed E-state index contributed by atoms with van der Waals surface area (Å²) in [4.78, 5) is 14.8. The Hall–Kier alpha value is -3.21. The predicted octanol–water partition coefficient (Wildman–Crippen LogP) is 6.25. The molecule has 1 heterocycles. The van der Waals surface area contributed by atoms with Gasteiger partial charge in [-0.25, -0.2) is 9.82 Å². The summed E-state index contributed by atoms with van der Waals surface area (Å²) in [7, 11) is 0. The molecule has 1 N–H and O–H groups in total. The first-order chi connectivity index (χ1) is 15.3. The van der Waals surface area contributed by atoms with Crippen molar-refractivity contribution in [1.82, 2.24) is 5.43 Å². The van der Waals surface area contributed by atoms with Crippen LogP contribution in [-0.4, -0.2) is 24.2 Å². The molecule has 5 heteroatoms. The molecule has 32 heavy (non-hydrogen) atoms. The number of anilines is 1. The van der Waals surface area contributed by atoms with E-state index in [0.29, 0.717) is 17.0 Å². The van der Waals surface area contributed by atoms with Gasteiger partial charge in [-0.05, 0) is 73.2 Å². The Bertz CT molecular complexity index is 1180. The molecule has 3 aromatic carbocycles. The van der Waals surface area contributed by atoms with Gasteiger partial charge in [0.25, 0.3) is 5.91 Å². The van der Waals surface area contributed by atoms with Crippen LogP contribution < -0.4 is 10.3 Å². The zero-order valence-corrected chi connectivity index (χ0v) is 19.2. The number of amides is 1. The van der Waals surface area contributed by atoms with E-state index >= 15 is 0 Å². The Kier molecular flexibility index (Phi) is 6.00. The molecule has 0 spiro atoms. The molecule has 0 aromatic heterocycles. The normalized spacial score (nSPS) is 17.5. The Labute approximate surface area is 189 Å². The van der Waals surface area contributed by atoms with Crippen LogP contribution in [0.3, 0.4) is 0 Å². The smallest absolute Gasteiger partial charge is 0.271 e. The monoisotopic (exact) mass is 431 g/mol. The maximum absolute atomic E-state index is 15.0. The van der Waals surface area contributed by atoms with Crippen molar-refractivity contribution in [2.45, 2.75) is 52.0 Å². The summed E-state index contributed by atoms with van der Waals surface area (Å²) >= 11 is 0. The predicted molar refractivity (Wildman–Crippen MR) is 130 cm³/mol. The number of carbonyl (C=O) groups excluding carboxylic acids is 1. The van der Waals surface area contributed by atoms with Gasteiger partial charge in [0.2, 0.25) is 0 Å². The maximum Gasteiger partial charge on any atom is 0.271 e. The molecule has 3 aromatic rings. The quantitative estimate of drug-likeness (QED) is 0.384. The van der Waals surface area contributed by atoms with Crippen LogP contribution in [0.4, 0.5) is 10.1 Å². The molecular formula is C27H30FN3O. The van der Waals surface area contributed by atoms with Crippen molar-refractivity contribution in [3.63, 3.8) is 0 Å². The fourth-order valence-electron chi connectivity index (χ4n) is 4.82. The average molecular weight is 432 g/mol. The van der Waals surface area contributed by atoms with Crippen LogP contribution in [0.5, 0.6) is 0 Å². The molecule has 1 amide bonds. The minimum Gasteiger partial charge on any atom is -0.366 e. The van der Waals surface area contributed by atoms with E-state index in [1.54, 1.807) is 12.1 Å². The number of nitrogens with one attached hydrogen (secondary N) is 1. The Morgan fingerprint density at radius 3 is 2.69 bits per heavy atom. The molecule has 0 aliphatic carbocycles. The van der Waals surface area contributed by atoms with Crippen LogP contribution >= 0.6 is 0 Å². The van der Waals surface area contributed by atoms with Crippen LogP contribution in [0.25, 0.3) is 10.8 Å². The standard InChI is InChI=1S/C27H30FN3O/c1-5-12-31-25-15-24(28)22(14-23(25)18(2)16-27(31,3)4)17-29-30-26(32)21-11-10-19-8-6-7-9-20(19)13-21/h6-11,13-15,17-18H,5,12,16H2,1-4H3,(H,30,32)/b29-17-. The molecule has 4 rings (SSSR count). The van der Waals surface area contributed by atoms with E-state index in [1.165, 1.54) is 6.21 Å². The molecule has 4 nitrogen and oxygen atoms in total. The highest BCUT2D eigenvalue weighted by Crippen LogP contribution is 2.44. The lowest BCUT2D eigenvalue weighted by molar-refractivity contribution is 0.0955. The van der Waals surface area contributed by atoms with Gasteiger partial charge in [-0.3, -0.25) is 4.79 Å². The van der Waals surface area contributed by atoms with E-state index in [0.717, 1.165) is 41.4 Å². The highest BCUT2D eigenvalue weighted by atomic mass is 19.1. The number of hydrogen-bond acceptors (Lipinski definition) is 3. The van der Waals surface area contributed by atoms with Gasteiger partial charge in [0, 0.05) is 28.9 Å². The summed E-state index contributed by atoms with van der Waals surface area (Å²) in [6.07, 6.45) is 3.40. The summed E-state index contributed by atoms with van der Waals surface area (Å²) in [6, 6.07) is 16.8. The second-order valence-electron chi connectivity index (χ2n) is 9.26. The van der Waals surface area contributed by atoms with E-state index in [1.807, 2.05) is 42.5 Å². The molecule has 1 atom stereocenters. The maximum atomic E-state index is 15.0. The number of hydrogen-bond donors (Lipinski definition) is 1. The van der Waals surface area contributed by atoms with E-state index < -0.39 is 0 Å². The van der Waals surface area contributed by atoms with Crippen molar-refractivity contribution in [2.24, 2.45) is 5.10 Å². The summed E-state index contributed by atoms with van der Waals surface area (Å²) in [5, 5.41) is 6.09. The van der Waals surface area contributed by atoms with E-state index in [4.69, 9.17) is 0 Å². The van der Waals surface area contributed by atoms with Gasteiger partial charge in [0.1, 0.15) is 5.82 Å². The number of rotatable bonds is 5. The second kappa shape index (κ2) is 8.73. The summed E-state index contributed by atoms with van der Waals surface area (Å²) in [5.74, 6) is -0.346. The Balaban J connectivity index is 1.55. The van der Waals surface area contributed by atoms with Crippen molar-refractivity contribution in [1.29, 1.82) is 0 Å². The van der Waals surface area contributed by atoms with Gasteiger partial charge in [-0.15, -0.1) is 0 Å². The summed E-state index contributed by atoms with van der Waals surface area (Å²) in [5.41, 5.74) is 5.49. The fraction of sp³-hybridized carbons (Fsp3) is 0.333. The van der Waals surface area contributed by atoms with E-state index in [9.17, 15) is 9.18 Å². The molecule has 0 bridgehead atoms. The molecule has 0 radical (unpaired) electrons. The lowest BCUT2D eigenvalue weighted by Gasteiger charge is -2.47. The van der Waals surface area contributed by atoms with Gasteiger partial charge in [-0.2, -0.15) is 5.10 Å².